The minimum Gasteiger partial charge on any atom is -0.383 e. The number of nitrogens with one attached hydrogen (secondary N) is 1. The standard InChI is InChI=1S/C12H22N2OS/c1-5-9(2)11(13-6-7-15-4)12-14-10(3)8-16-12/h8-9,11,13H,5-7H2,1-4H3. The summed E-state index contributed by atoms with van der Waals surface area (Å²) in [6.07, 6.45) is 1.16. The number of hydrogen-bond acceptors (Lipinski definition) is 4. The van der Waals surface area contributed by atoms with E-state index in [4.69, 9.17) is 4.74 Å². The molecule has 0 amide bonds. The number of aryl methyl sites for hydroxylation is 1. The fourth-order valence-electron chi connectivity index (χ4n) is 1.60. The first-order chi connectivity index (χ1) is 7.69. The first kappa shape index (κ1) is 13.6. The Kier molecular flexibility index (Phi) is 5.95. The second-order valence-corrected chi connectivity index (χ2v) is 5.03. The smallest absolute Gasteiger partial charge is 0.110 e. The number of ether oxygens (including phenoxy) is 1. The van der Waals surface area contributed by atoms with Crippen molar-refractivity contribution in [3.63, 3.8) is 0 Å². The third-order valence-electron chi connectivity index (χ3n) is 2.79. The lowest BCUT2D eigenvalue weighted by molar-refractivity contribution is 0.191. The Morgan fingerprint density at radius 3 is 2.81 bits per heavy atom. The summed E-state index contributed by atoms with van der Waals surface area (Å²) in [4.78, 5) is 4.57. The van der Waals surface area contributed by atoms with E-state index in [2.05, 4.69) is 29.5 Å². The quantitative estimate of drug-likeness (QED) is 0.747. The van der Waals surface area contributed by atoms with Crippen molar-refractivity contribution in [3.05, 3.63) is 16.1 Å². The van der Waals surface area contributed by atoms with Crippen LogP contribution in [0.1, 0.15) is 37.0 Å². The molecule has 0 aliphatic carbocycles. The highest BCUT2D eigenvalue weighted by atomic mass is 32.1. The molecule has 92 valence electrons. The van der Waals surface area contributed by atoms with Gasteiger partial charge in [-0.2, -0.15) is 0 Å². The molecule has 0 aliphatic rings. The van der Waals surface area contributed by atoms with Crippen LogP contribution in [-0.4, -0.2) is 25.2 Å². The van der Waals surface area contributed by atoms with E-state index in [0.29, 0.717) is 12.0 Å². The van der Waals surface area contributed by atoms with Gasteiger partial charge in [0.2, 0.25) is 0 Å². The van der Waals surface area contributed by atoms with Crippen LogP contribution in [0.3, 0.4) is 0 Å². The van der Waals surface area contributed by atoms with Crippen molar-refractivity contribution in [1.82, 2.24) is 10.3 Å². The monoisotopic (exact) mass is 242 g/mol. The highest BCUT2D eigenvalue weighted by Crippen LogP contribution is 2.26. The molecular weight excluding hydrogens is 220 g/mol. The van der Waals surface area contributed by atoms with E-state index in [1.165, 1.54) is 5.01 Å². The van der Waals surface area contributed by atoms with Crippen LogP contribution in [0.25, 0.3) is 0 Å². The van der Waals surface area contributed by atoms with Crippen LogP contribution in [0.2, 0.25) is 0 Å². The van der Waals surface area contributed by atoms with Gasteiger partial charge in [-0.15, -0.1) is 11.3 Å². The molecule has 4 heteroatoms. The van der Waals surface area contributed by atoms with Crippen molar-refractivity contribution in [2.75, 3.05) is 20.3 Å². The van der Waals surface area contributed by atoms with E-state index in [9.17, 15) is 0 Å². The van der Waals surface area contributed by atoms with Crippen LogP contribution in [-0.2, 0) is 4.74 Å². The first-order valence-electron chi connectivity index (χ1n) is 5.83. The van der Waals surface area contributed by atoms with Crippen molar-refractivity contribution in [3.8, 4) is 0 Å². The van der Waals surface area contributed by atoms with E-state index in [1.807, 2.05) is 6.92 Å². The highest BCUT2D eigenvalue weighted by Gasteiger charge is 2.19. The zero-order valence-electron chi connectivity index (χ0n) is 10.6. The van der Waals surface area contributed by atoms with Gasteiger partial charge in [0.25, 0.3) is 0 Å². The molecule has 0 spiro atoms. The summed E-state index contributed by atoms with van der Waals surface area (Å²) in [7, 11) is 1.73. The van der Waals surface area contributed by atoms with Gasteiger partial charge < -0.3 is 10.1 Å². The lowest BCUT2D eigenvalue weighted by Gasteiger charge is -2.22. The summed E-state index contributed by atoms with van der Waals surface area (Å²) in [6, 6.07) is 0.360. The molecule has 0 saturated carbocycles. The zero-order chi connectivity index (χ0) is 12.0. The zero-order valence-corrected chi connectivity index (χ0v) is 11.4. The van der Waals surface area contributed by atoms with Crippen molar-refractivity contribution >= 4 is 11.3 Å². The second kappa shape index (κ2) is 6.99. The average Bonchev–Trinajstić information content (AvgIpc) is 2.70. The topological polar surface area (TPSA) is 34.1 Å². The van der Waals surface area contributed by atoms with Crippen LogP contribution in [0, 0.1) is 12.8 Å². The molecule has 1 rings (SSSR count). The van der Waals surface area contributed by atoms with E-state index in [1.54, 1.807) is 18.4 Å². The second-order valence-electron chi connectivity index (χ2n) is 4.14. The molecule has 0 saturated heterocycles. The van der Waals surface area contributed by atoms with Crippen LogP contribution in [0.4, 0.5) is 0 Å². The van der Waals surface area contributed by atoms with E-state index < -0.39 is 0 Å². The van der Waals surface area contributed by atoms with E-state index in [0.717, 1.165) is 25.3 Å². The molecule has 0 radical (unpaired) electrons. The van der Waals surface area contributed by atoms with Crippen molar-refractivity contribution in [2.45, 2.75) is 33.2 Å². The van der Waals surface area contributed by atoms with Gasteiger partial charge in [-0.05, 0) is 12.8 Å². The van der Waals surface area contributed by atoms with Crippen molar-refractivity contribution in [2.24, 2.45) is 5.92 Å². The van der Waals surface area contributed by atoms with E-state index >= 15 is 0 Å². The highest BCUT2D eigenvalue weighted by molar-refractivity contribution is 7.09. The molecule has 3 nitrogen and oxygen atoms in total. The van der Waals surface area contributed by atoms with Gasteiger partial charge in [0.15, 0.2) is 0 Å². The first-order valence-corrected chi connectivity index (χ1v) is 6.71. The molecule has 0 aliphatic heterocycles. The number of methoxy groups -OCH3 is 1. The van der Waals surface area contributed by atoms with Crippen LogP contribution >= 0.6 is 11.3 Å². The van der Waals surface area contributed by atoms with Gasteiger partial charge in [0.1, 0.15) is 5.01 Å². The van der Waals surface area contributed by atoms with Crippen molar-refractivity contribution < 1.29 is 4.74 Å². The molecule has 0 fully saturated rings. The minimum atomic E-state index is 0.360. The van der Waals surface area contributed by atoms with Crippen LogP contribution in [0.15, 0.2) is 5.38 Å². The Bertz CT molecular complexity index is 301. The predicted molar refractivity (Wildman–Crippen MR) is 68.9 cm³/mol. The SMILES string of the molecule is CCC(C)C(NCCOC)c1nc(C)cs1. The summed E-state index contributed by atoms with van der Waals surface area (Å²) in [5.74, 6) is 0.599. The number of hydrogen-bond donors (Lipinski definition) is 1. The summed E-state index contributed by atoms with van der Waals surface area (Å²) in [5, 5.41) is 6.83. The molecule has 1 heterocycles. The Hall–Kier alpha value is -0.450. The minimum absolute atomic E-state index is 0.360. The number of nitrogens with zero attached hydrogens (tertiary/aromatic N) is 1. The predicted octanol–water partition coefficient (Wildman–Crippen LogP) is 2.77. The molecule has 2 atom stereocenters. The lowest BCUT2D eigenvalue weighted by Crippen LogP contribution is -2.29. The third kappa shape index (κ3) is 3.85. The molecule has 0 bridgehead atoms. The van der Waals surface area contributed by atoms with Gasteiger partial charge in [-0.3, -0.25) is 0 Å². The maximum Gasteiger partial charge on any atom is 0.110 e. The summed E-state index contributed by atoms with van der Waals surface area (Å²) >= 11 is 1.74. The molecule has 16 heavy (non-hydrogen) atoms. The fourth-order valence-corrected chi connectivity index (χ4v) is 2.60. The van der Waals surface area contributed by atoms with Crippen LogP contribution in [0.5, 0.6) is 0 Å². The molecule has 1 N–H and O–H groups in total. The van der Waals surface area contributed by atoms with E-state index in [-0.39, 0.29) is 0 Å². The largest absolute Gasteiger partial charge is 0.383 e. The number of rotatable bonds is 7. The molecule has 1 aromatic rings. The number of thiazole rings is 1. The Balaban J connectivity index is 2.63. The molecular formula is C12H22N2OS. The van der Waals surface area contributed by atoms with Gasteiger partial charge >= 0.3 is 0 Å². The molecule has 0 aromatic carbocycles. The Morgan fingerprint density at radius 1 is 1.56 bits per heavy atom. The molecule has 1 aromatic heterocycles. The Labute approximate surface area is 102 Å². The van der Waals surface area contributed by atoms with Gasteiger partial charge in [0, 0.05) is 24.7 Å². The van der Waals surface area contributed by atoms with Gasteiger partial charge in [-0.25, -0.2) is 4.98 Å². The average molecular weight is 242 g/mol. The number of aromatic nitrogens is 1. The van der Waals surface area contributed by atoms with Gasteiger partial charge in [-0.1, -0.05) is 20.3 Å². The van der Waals surface area contributed by atoms with Crippen molar-refractivity contribution in [1.29, 1.82) is 0 Å². The Morgan fingerprint density at radius 2 is 2.31 bits per heavy atom. The fraction of sp³-hybridized carbons (Fsp3) is 0.750. The normalized spacial score (nSPS) is 15.0. The summed E-state index contributed by atoms with van der Waals surface area (Å²) in [6.45, 7) is 8.15. The van der Waals surface area contributed by atoms with Gasteiger partial charge in [0.05, 0.1) is 12.6 Å². The maximum atomic E-state index is 5.07. The lowest BCUT2D eigenvalue weighted by atomic mass is 10.00. The molecule has 2 unspecified atom stereocenters. The van der Waals surface area contributed by atoms with Crippen LogP contribution < -0.4 is 5.32 Å². The third-order valence-corrected chi connectivity index (χ3v) is 3.83. The maximum absolute atomic E-state index is 5.07. The summed E-state index contributed by atoms with van der Waals surface area (Å²) in [5.41, 5.74) is 1.11. The summed E-state index contributed by atoms with van der Waals surface area (Å²) < 4.78 is 5.07.